The lowest BCUT2D eigenvalue weighted by atomic mass is 10.1. The first-order chi connectivity index (χ1) is 14.7. The van der Waals surface area contributed by atoms with Crippen molar-refractivity contribution in [3.05, 3.63) is 48.1 Å². The van der Waals surface area contributed by atoms with Crippen molar-refractivity contribution >= 4 is 11.9 Å². The van der Waals surface area contributed by atoms with E-state index in [0.717, 1.165) is 0 Å². The van der Waals surface area contributed by atoms with Crippen LogP contribution in [0.1, 0.15) is 22.8 Å². The third-order valence-corrected chi connectivity index (χ3v) is 1.93. The molecule has 0 aliphatic carbocycles. The van der Waals surface area contributed by atoms with Gasteiger partial charge in [0.05, 0.1) is 12.3 Å². The van der Waals surface area contributed by atoms with Crippen LogP contribution < -0.4 is 5.31 Å². The summed E-state index contributed by atoms with van der Waals surface area (Å²) in [4.78, 5) is 27.3. The van der Waals surface area contributed by atoms with E-state index >= 15 is 0 Å². The van der Waals surface area contributed by atoms with Crippen LogP contribution in [0.2, 0.25) is 1.41 Å². The third kappa shape index (κ3) is 3.11. The van der Waals surface area contributed by atoms with Gasteiger partial charge in [-0.15, -0.1) is 0 Å². The molecule has 0 saturated carbocycles. The van der Waals surface area contributed by atoms with Crippen molar-refractivity contribution in [2.24, 2.45) is 0 Å². The van der Waals surface area contributed by atoms with E-state index in [4.69, 9.17) is 16.6 Å². The van der Waals surface area contributed by atoms with E-state index in [1.54, 1.807) is 0 Å². The van der Waals surface area contributed by atoms with Crippen molar-refractivity contribution in [2.75, 3.05) is 6.50 Å². The Labute approximate surface area is 131 Å². The van der Waals surface area contributed by atoms with Gasteiger partial charge in [-0.2, -0.15) is 0 Å². The van der Waals surface area contributed by atoms with Crippen LogP contribution in [0.5, 0.6) is 5.75 Å². The number of carbonyl (C=O) groups is 2. The predicted octanol–water partition coefficient (Wildman–Crippen LogP) is 1.27. The van der Waals surface area contributed by atoms with Crippen molar-refractivity contribution in [1.29, 1.82) is 2.86 Å². The summed E-state index contributed by atoms with van der Waals surface area (Å²) < 4.78 is 91.2. The molecule has 20 heavy (non-hydrogen) atoms. The minimum atomic E-state index is -3.49. The van der Waals surface area contributed by atoms with Crippen LogP contribution >= 0.6 is 0 Å². The Hall–Kier alpha value is -2.89. The smallest absolute Gasteiger partial charge is 0.322 e. The summed E-state index contributed by atoms with van der Waals surface area (Å²) in [6.07, 6.45) is -0.991. The van der Waals surface area contributed by atoms with Gasteiger partial charge in [0.25, 0.3) is 8.77 Å². The van der Waals surface area contributed by atoms with Gasteiger partial charge in [0.15, 0.2) is 7.11 Å². The number of nitrogens with one attached hydrogen (secondary N) is 1. The molecule has 1 aromatic carbocycles. The van der Waals surface area contributed by atoms with E-state index in [9.17, 15) is 9.59 Å². The first-order valence-corrected chi connectivity index (χ1v) is 4.96. The molecule has 0 atom stereocenters. The summed E-state index contributed by atoms with van der Waals surface area (Å²) in [6, 6.07) is -4.90. The van der Waals surface area contributed by atoms with Crippen molar-refractivity contribution in [2.45, 2.75) is 0 Å². The Morgan fingerprint density at radius 1 is 1.40 bits per heavy atom. The van der Waals surface area contributed by atoms with E-state index in [2.05, 4.69) is 15.2 Å². The van der Waals surface area contributed by atoms with Gasteiger partial charge in [-0.1, -0.05) is 30.2 Å². The Morgan fingerprint density at radius 2 is 2.20 bits per heavy atom. The average Bonchev–Trinajstić information content (AvgIpc) is 2.76. The number of aromatic hydroxyl groups is 1. The molecule has 1 heterocycles. The summed E-state index contributed by atoms with van der Waals surface area (Å²) >= 11 is 0. The zero-order chi connectivity index (χ0) is 24.7. The Kier molecular flexibility index (Phi) is 1.43. The molecule has 6 heteroatoms. The molecular weight excluding hydrogens is 260 g/mol. The molecule has 0 spiro atoms. The molecule has 0 radical (unpaired) electrons. The van der Waals surface area contributed by atoms with Crippen LogP contribution in [0.3, 0.4) is 0 Å². The zero-order valence-electron chi connectivity index (χ0n) is 21.5. The van der Waals surface area contributed by atoms with Crippen LogP contribution in [0.4, 0.5) is 0 Å². The second kappa shape index (κ2) is 5.83. The number of pyridine rings is 1. The highest BCUT2D eigenvalue weighted by Crippen LogP contribution is 2.24. The number of carboxylic acid groups (broad SMARTS) is 1. The molecule has 0 fully saturated rings. The fourth-order valence-electron chi connectivity index (χ4n) is 1.15. The van der Waals surface area contributed by atoms with E-state index in [1.165, 1.54) is 0 Å². The Morgan fingerprint density at radius 3 is 2.90 bits per heavy atom. The Balaban J connectivity index is 2.80. The molecule has 1 aromatic heterocycles. The monoisotopic (exact) mass is 284 g/mol. The number of nitrogens with zero attached hydrogens (tertiary/aromatic N) is 1. The maximum Gasteiger partial charge on any atom is 0.322 e. The lowest BCUT2D eigenvalue weighted by Crippen LogP contribution is -2.29. The van der Waals surface area contributed by atoms with Crippen molar-refractivity contribution < 1.29 is 33.6 Å². The van der Waals surface area contributed by atoms with Crippen molar-refractivity contribution in [3.8, 4) is 16.9 Å². The summed E-state index contributed by atoms with van der Waals surface area (Å²) in [5.41, 5.74) is -2.44. The highest BCUT2D eigenvalue weighted by molar-refractivity contribution is 5.96. The topological polar surface area (TPSA) is 99.5 Å². The number of aromatic nitrogens is 1. The van der Waals surface area contributed by atoms with Crippen LogP contribution in [-0.4, -0.2) is 35.0 Å². The first kappa shape index (κ1) is 4.90. The number of carbonyl (C=O) groups excluding carboxylic acids is 1. The van der Waals surface area contributed by atoms with Gasteiger partial charge in [-0.3, -0.25) is 9.59 Å². The van der Waals surface area contributed by atoms with Gasteiger partial charge in [0.2, 0.25) is 0 Å². The van der Waals surface area contributed by atoms with Gasteiger partial charge in [-0.05, 0) is 11.6 Å². The molecule has 0 bridgehead atoms. The standard InChI is InChI=1S/C14H12N2O4/c17-11-6-10(9-4-2-1-3-5-9)7-15-13(11)14(20)16-8-12(18)19/h1-7,17H,8H2,(H,16,20)(H,18,19)/i1D,2D,3D,4D,5D,6D,7D,8D2/hD3. The molecule has 0 aliphatic rings. The number of carboxylic acids is 1. The summed E-state index contributed by atoms with van der Waals surface area (Å²) in [6.45, 7) is -3.49. The highest BCUT2D eigenvalue weighted by Gasteiger charge is 2.14. The van der Waals surface area contributed by atoms with E-state index in [-0.39, 0.29) is 0 Å². The Bertz CT molecular complexity index is 1100. The van der Waals surface area contributed by atoms with Crippen LogP contribution in [-0.2, 0) is 4.79 Å². The van der Waals surface area contributed by atoms with Crippen LogP contribution in [0, 0.1) is 0 Å². The minimum Gasteiger partial charge on any atom is -0.505 e. The first-order valence-electron chi connectivity index (χ1n) is 10.7. The number of benzene rings is 1. The number of rotatable bonds is 5. The van der Waals surface area contributed by atoms with Gasteiger partial charge >= 0.3 is 5.97 Å². The van der Waals surface area contributed by atoms with E-state index < -0.39 is 88.7 Å². The van der Waals surface area contributed by atoms with Crippen LogP contribution in [0.25, 0.3) is 12.6 Å². The second-order valence-corrected chi connectivity index (χ2v) is 3.22. The second-order valence-electron chi connectivity index (χ2n) is 3.22. The maximum atomic E-state index is 12.5. The van der Waals surface area contributed by atoms with Gasteiger partial charge in [-0.25, -0.2) is 4.98 Å². The lowest BCUT2D eigenvalue weighted by molar-refractivity contribution is -0.135. The van der Waals surface area contributed by atoms with E-state index in [1.807, 2.05) is 0 Å². The fourth-order valence-corrected chi connectivity index (χ4v) is 1.15. The molecular formula is C14H12N2O4. The summed E-state index contributed by atoms with van der Waals surface area (Å²) in [5, 5.41) is 7.01. The SMILES string of the molecule is [2H]OC(=O)C([2H])([2H])N([2H])C(=O)c1nc([2H])c(-c2c([2H])c([2H])c([2H])c([2H])c2[2H])c([2H])c1O[2H]. The van der Waals surface area contributed by atoms with Crippen molar-refractivity contribution in [3.63, 3.8) is 0 Å². The largest absolute Gasteiger partial charge is 0.505 e. The highest BCUT2D eigenvalue weighted by atomic mass is 16.4. The van der Waals surface area contributed by atoms with Gasteiger partial charge in [0, 0.05) is 11.7 Å². The average molecular weight is 284 g/mol. The van der Waals surface area contributed by atoms with Gasteiger partial charge < -0.3 is 15.5 Å². The third-order valence-electron chi connectivity index (χ3n) is 1.93. The summed E-state index contributed by atoms with van der Waals surface area (Å²) in [5.74, 6) is -4.74. The molecule has 0 unspecified atom stereocenters. The molecule has 0 saturated heterocycles. The molecule has 2 rings (SSSR count). The van der Waals surface area contributed by atoms with Gasteiger partial charge in [0.1, 0.15) is 12.2 Å². The number of aliphatic carboxylic acids is 1. The number of hydrogen-bond donors (Lipinski definition) is 3. The predicted molar refractivity (Wildman–Crippen MR) is 71.3 cm³/mol. The molecule has 0 aliphatic heterocycles. The quantitative estimate of drug-likeness (QED) is 0.767. The molecule has 1 amide bonds. The lowest BCUT2D eigenvalue weighted by Gasteiger charge is -2.06. The number of amides is 1. The summed E-state index contributed by atoms with van der Waals surface area (Å²) in [7, 11) is 0. The van der Waals surface area contributed by atoms with Crippen LogP contribution in [0.15, 0.2) is 42.4 Å². The molecule has 2 aromatic rings. The normalized spacial score (nSPS) is 18.8. The fraction of sp³-hybridized carbons (Fsp3) is 0.0714. The van der Waals surface area contributed by atoms with Crippen molar-refractivity contribution in [1.82, 2.24) is 10.3 Å². The minimum absolute atomic E-state index is 0.599. The zero-order valence-corrected chi connectivity index (χ0v) is 9.53. The molecule has 6 nitrogen and oxygen atoms in total. The maximum absolute atomic E-state index is 12.5. The van der Waals surface area contributed by atoms with E-state index in [0.29, 0.717) is 0 Å². The molecule has 102 valence electrons. The molecule has 3 N–H and O–H groups in total. The number of hydrogen-bond acceptors (Lipinski definition) is 5.